The van der Waals surface area contributed by atoms with E-state index < -0.39 is 6.04 Å². The number of nitrogens with one attached hydrogen (secondary N) is 2. The van der Waals surface area contributed by atoms with Crippen LogP contribution < -0.4 is 15.4 Å². The first-order valence-electron chi connectivity index (χ1n) is 11.5. The number of benzene rings is 3. The molecule has 0 aliphatic heterocycles. The molecule has 186 valence electrons. The van der Waals surface area contributed by atoms with Crippen LogP contribution in [-0.2, 0) is 5.75 Å². The molecule has 4 rings (SSSR count). The van der Waals surface area contributed by atoms with Gasteiger partial charge in [-0.2, -0.15) is 0 Å². The molecule has 0 saturated heterocycles. The van der Waals surface area contributed by atoms with Crippen LogP contribution in [-0.4, -0.2) is 27.9 Å². The maximum absolute atomic E-state index is 12.8. The quantitative estimate of drug-likeness (QED) is 0.251. The first-order valence-corrected chi connectivity index (χ1v) is 12.8. The number of amides is 2. The fraction of sp³-hybridized carbons (Fsp3) is 0.222. The van der Waals surface area contributed by atoms with Crippen molar-refractivity contribution in [3.8, 4) is 11.4 Å². The summed E-state index contributed by atoms with van der Waals surface area (Å²) in [6.07, 6.45) is 0. The molecule has 0 spiro atoms. The number of carbonyl (C=O) groups is 1. The van der Waals surface area contributed by atoms with Crippen molar-refractivity contribution in [3.63, 3.8) is 0 Å². The van der Waals surface area contributed by atoms with Gasteiger partial charge in [0.05, 0.1) is 18.8 Å². The number of halogens is 1. The number of ether oxygens (including phenoxy) is 1. The number of hydrogen-bond donors (Lipinski definition) is 2. The van der Waals surface area contributed by atoms with Crippen LogP contribution in [0.3, 0.4) is 0 Å². The fourth-order valence-corrected chi connectivity index (χ4v) is 4.81. The number of thioether (sulfide) groups is 1. The molecular weight excluding hydrogens is 494 g/mol. The van der Waals surface area contributed by atoms with Crippen molar-refractivity contribution in [2.45, 2.75) is 37.7 Å². The monoisotopic (exact) mass is 521 g/mol. The maximum Gasteiger partial charge on any atom is 0.319 e. The number of aryl methyl sites for hydroxylation is 2. The lowest BCUT2D eigenvalue weighted by molar-refractivity contribution is 0.248. The number of urea groups is 1. The standard InChI is InChI=1S/C27H28ClN5O2S/c1-17-8-5-6-11-23(17)30-26(34)29-19(3)25-31-32-27(33(25)24-15-21(28)13-12-18(24)2)36-16-20-9-7-10-22(14-20)35-4/h5-15,19H,16H2,1-4H3,(H2,29,30,34). The second-order valence-electron chi connectivity index (χ2n) is 8.38. The van der Waals surface area contributed by atoms with Crippen LogP contribution in [0, 0.1) is 13.8 Å². The minimum Gasteiger partial charge on any atom is -0.497 e. The van der Waals surface area contributed by atoms with Gasteiger partial charge in [-0.3, -0.25) is 4.57 Å². The van der Waals surface area contributed by atoms with E-state index in [-0.39, 0.29) is 6.03 Å². The van der Waals surface area contributed by atoms with E-state index in [9.17, 15) is 4.79 Å². The van der Waals surface area contributed by atoms with Crippen molar-refractivity contribution in [3.05, 3.63) is 94.3 Å². The van der Waals surface area contributed by atoms with Crippen molar-refractivity contribution in [1.29, 1.82) is 0 Å². The summed E-state index contributed by atoms with van der Waals surface area (Å²) in [4.78, 5) is 12.8. The van der Waals surface area contributed by atoms with Crippen molar-refractivity contribution in [2.24, 2.45) is 0 Å². The zero-order valence-corrected chi connectivity index (χ0v) is 22.2. The van der Waals surface area contributed by atoms with Gasteiger partial charge in [-0.1, -0.05) is 59.8 Å². The van der Waals surface area contributed by atoms with Crippen LogP contribution in [0.25, 0.3) is 5.69 Å². The molecule has 0 aliphatic rings. The van der Waals surface area contributed by atoms with Crippen molar-refractivity contribution in [1.82, 2.24) is 20.1 Å². The van der Waals surface area contributed by atoms with Gasteiger partial charge in [-0.05, 0) is 67.8 Å². The van der Waals surface area contributed by atoms with Gasteiger partial charge in [0.25, 0.3) is 0 Å². The van der Waals surface area contributed by atoms with Crippen LogP contribution in [0.1, 0.15) is 35.5 Å². The highest BCUT2D eigenvalue weighted by molar-refractivity contribution is 7.98. The lowest BCUT2D eigenvalue weighted by atomic mass is 10.2. The Labute approximate surface area is 220 Å². The molecule has 0 aliphatic carbocycles. The van der Waals surface area contributed by atoms with Gasteiger partial charge >= 0.3 is 6.03 Å². The van der Waals surface area contributed by atoms with Gasteiger partial charge in [0, 0.05) is 16.5 Å². The fourth-order valence-electron chi connectivity index (χ4n) is 3.75. The number of carbonyl (C=O) groups excluding carboxylic acids is 1. The Bertz CT molecular complexity index is 1370. The normalized spacial score (nSPS) is 11.7. The number of rotatable bonds is 8. The van der Waals surface area contributed by atoms with Gasteiger partial charge in [0.15, 0.2) is 11.0 Å². The van der Waals surface area contributed by atoms with Crippen LogP contribution in [0.15, 0.2) is 71.9 Å². The molecule has 9 heteroatoms. The molecule has 0 bridgehead atoms. The van der Waals surface area contributed by atoms with E-state index in [1.165, 1.54) is 0 Å². The Morgan fingerprint density at radius 3 is 2.64 bits per heavy atom. The highest BCUT2D eigenvalue weighted by atomic mass is 35.5. The molecule has 1 heterocycles. The minimum atomic E-state index is -0.425. The maximum atomic E-state index is 12.8. The van der Waals surface area contributed by atoms with Crippen LogP contribution in [0.5, 0.6) is 5.75 Å². The molecule has 2 amide bonds. The predicted octanol–water partition coefficient (Wildman–Crippen LogP) is 6.72. The SMILES string of the molecule is COc1cccc(CSc2nnc(C(C)NC(=O)Nc3ccccc3C)n2-c2cc(Cl)ccc2C)c1. The average Bonchev–Trinajstić information content (AvgIpc) is 3.29. The number of nitrogens with zero attached hydrogens (tertiary/aromatic N) is 3. The molecule has 1 aromatic heterocycles. The van der Waals surface area contributed by atoms with E-state index in [0.29, 0.717) is 21.8 Å². The van der Waals surface area contributed by atoms with E-state index in [1.807, 2.05) is 92.1 Å². The van der Waals surface area contributed by atoms with Gasteiger partial charge < -0.3 is 15.4 Å². The molecule has 0 saturated carbocycles. The van der Waals surface area contributed by atoms with Gasteiger partial charge in [0.1, 0.15) is 5.75 Å². The highest BCUT2D eigenvalue weighted by Crippen LogP contribution is 2.31. The molecule has 3 aromatic carbocycles. The first-order chi connectivity index (χ1) is 17.4. The minimum absolute atomic E-state index is 0.320. The predicted molar refractivity (Wildman–Crippen MR) is 145 cm³/mol. The lowest BCUT2D eigenvalue weighted by Crippen LogP contribution is -2.32. The van der Waals surface area contributed by atoms with E-state index >= 15 is 0 Å². The van der Waals surface area contributed by atoms with Gasteiger partial charge in [-0.15, -0.1) is 10.2 Å². The van der Waals surface area contributed by atoms with E-state index in [0.717, 1.165) is 33.8 Å². The molecule has 1 unspecified atom stereocenters. The summed E-state index contributed by atoms with van der Waals surface area (Å²) in [5, 5.41) is 16.1. The zero-order chi connectivity index (χ0) is 25.7. The van der Waals surface area contributed by atoms with E-state index in [4.69, 9.17) is 16.3 Å². The largest absolute Gasteiger partial charge is 0.497 e. The Balaban J connectivity index is 1.62. The van der Waals surface area contributed by atoms with Crippen LogP contribution in [0.2, 0.25) is 5.02 Å². The Morgan fingerprint density at radius 2 is 1.86 bits per heavy atom. The molecular formula is C27H28ClN5O2S. The number of hydrogen-bond acceptors (Lipinski definition) is 5. The third-order valence-corrected chi connectivity index (χ3v) is 6.94. The number of para-hydroxylation sites is 1. The molecule has 36 heavy (non-hydrogen) atoms. The summed E-state index contributed by atoms with van der Waals surface area (Å²) >= 11 is 7.91. The van der Waals surface area contributed by atoms with Gasteiger partial charge in [0.2, 0.25) is 0 Å². The smallest absolute Gasteiger partial charge is 0.319 e. The third kappa shape index (κ3) is 6.01. The summed E-state index contributed by atoms with van der Waals surface area (Å²) < 4.78 is 7.31. The summed E-state index contributed by atoms with van der Waals surface area (Å²) in [7, 11) is 1.65. The molecule has 0 radical (unpaired) electrons. The third-order valence-electron chi connectivity index (χ3n) is 5.70. The average molecular weight is 522 g/mol. The zero-order valence-electron chi connectivity index (χ0n) is 20.6. The molecule has 1 atom stereocenters. The number of anilines is 1. The summed E-state index contributed by atoms with van der Waals surface area (Å²) in [6, 6.07) is 20.5. The topological polar surface area (TPSA) is 81.1 Å². The summed E-state index contributed by atoms with van der Waals surface area (Å²) in [5.74, 6) is 2.08. The van der Waals surface area contributed by atoms with Gasteiger partial charge in [-0.25, -0.2) is 4.79 Å². The first kappa shape index (κ1) is 25.6. The highest BCUT2D eigenvalue weighted by Gasteiger charge is 2.22. The van der Waals surface area contributed by atoms with Crippen molar-refractivity contribution < 1.29 is 9.53 Å². The van der Waals surface area contributed by atoms with E-state index in [1.54, 1.807) is 18.9 Å². The van der Waals surface area contributed by atoms with Crippen molar-refractivity contribution in [2.75, 3.05) is 12.4 Å². The molecule has 7 nitrogen and oxygen atoms in total. The summed E-state index contributed by atoms with van der Waals surface area (Å²) in [5.41, 5.74) is 4.71. The van der Waals surface area contributed by atoms with Crippen molar-refractivity contribution >= 4 is 35.1 Å². The Hall–Kier alpha value is -3.49. The van der Waals surface area contributed by atoms with Crippen LogP contribution in [0.4, 0.5) is 10.5 Å². The number of methoxy groups -OCH3 is 1. The van der Waals surface area contributed by atoms with E-state index in [2.05, 4.69) is 20.8 Å². The molecule has 4 aromatic rings. The molecule has 2 N–H and O–H groups in total. The Morgan fingerprint density at radius 1 is 1.06 bits per heavy atom. The number of aromatic nitrogens is 3. The van der Waals surface area contributed by atoms with Crippen LogP contribution >= 0.6 is 23.4 Å². The lowest BCUT2D eigenvalue weighted by Gasteiger charge is -2.18. The molecule has 0 fully saturated rings. The second kappa shape index (κ2) is 11.5. The second-order valence-corrected chi connectivity index (χ2v) is 9.76. The summed E-state index contributed by atoms with van der Waals surface area (Å²) in [6.45, 7) is 5.84. The Kier molecular flexibility index (Phi) is 8.18.